The molecule has 152 valence electrons. The average Bonchev–Trinajstić information content (AvgIpc) is 2.94. The molecule has 1 unspecified atom stereocenters. The van der Waals surface area contributed by atoms with E-state index in [1.165, 1.54) is 6.42 Å². The van der Waals surface area contributed by atoms with Gasteiger partial charge >= 0.3 is 5.97 Å². The molecule has 0 aliphatic heterocycles. The van der Waals surface area contributed by atoms with E-state index in [-0.39, 0.29) is 29.8 Å². The molecule has 0 spiro atoms. The van der Waals surface area contributed by atoms with Gasteiger partial charge in [-0.05, 0) is 62.7 Å². The van der Waals surface area contributed by atoms with E-state index >= 15 is 0 Å². The Hall–Kier alpha value is -1.42. The number of hydrogen-bond donors (Lipinski definition) is 2. The Kier molecular flexibility index (Phi) is 8.75. The van der Waals surface area contributed by atoms with Crippen LogP contribution in [0.25, 0.3) is 0 Å². The molecular weight excluding hydrogens is 340 g/mol. The summed E-state index contributed by atoms with van der Waals surface area (Å²) in [6, 6.07) is 0. The Balaban J connectivity index is 1.78. The second kappa shape index (κ2) is 10.8. The van der Waals surface area contributed by atoms with Crippen molar-refractivity contribution in [3.05, 3.63) is 24.3 Å². The molecule has 2 aliphatic rings. The van der Waals surface area contributed by atoms with Gasteiger partial charge in [0.05, 0.1) is 6.10 Å². The molecule has 27 heavy (non-hydrogen) atoms. The van der Waals surface area contributed by atoms with Crippen LogP contribution in [0.1, 0.15) is 84.0 Å². The highest BCUT2D eigenvalue weighted by molar-refractivity contribution is 5.83. The third-order valence-corrected chi connectivity index (χ3v) is 6.52. The number of rotatable bonds is 12. The molecule has 0 amide bonds. The third kappa shape index (κ3) is 6.31. The standard InChI is InChI=1S/C23H36O4/c1-2-15-23(16-8-17-23)21(25)11-7-9-18-13-14-20(24)19(18)10-5-3-4-6-12-22(26)27/h3,5,7,9,18-19,21,25H,2,4,6,8,10-17H2,1H3,(H,26,27)/b5-3-,9-7+/t18-,19+,21?/m0/s1. The maximum atomic E-state index is 12.2. The van der Waals surface area contributed by atoms with Gasteiger partial charge in [-0.2, -0.15) is 0 Å². The van der Waals surface area contributed by atoms with Crippen molar-refractivity contribution in [1.82, 2.24) is 0 Å². The van der Waals surface area contributed by atoms with Crippen LogP contribution in [0.4, 0.5) is 0 Å². The van der Waals surface area contributed by atoms with E-state index in [0.717, 1.165) is 44.9 Å². The summed E-state index contributed by atoms with van der Waals surface area (Å²) in [5, 5.41) is 19.3. The molecule has 4 nitrogen and oxygen atoms in total. The summed E-state index contributed by atoms with van der Waals surface area (Å²) < 4.78 is 0. The smallest absolute Gasteiger partial charge is 0.303 e. The lowest BCUT2D eigenvalue weighted by atomic mass is 9.62. The predicted octanol–water partition coefficient (Wildman–Crippen LogP) is 5.06. The number of ketones is 1. The maximum Gasteiger partial charge on any atom is 0.303 e. The number of unbranched alkanes of at least 4 members (excludes halogenated alkanes) is 1. The average molecular weight is 377 g/mol. The molecule has 0 radical (unpaired) electrons. The van der Waals surface area contributed by atoms with Crippen LogP contribution in [0.5, 0.6) is 0 Å². The molecule has 3 atom stereocenters. The van der Waals surface area contributed by atoms with Crippen LogP contribution in [0, 0.1) is 17.3 Å². The lowest BCUT2D eigenvalue weighted by Gasteiger charge is -2.45. The zero-order valence-corrected chi connectivity index (χ0v) is 16.7. The summed E-state index contributed by atoms with van der Waals surface area (Å²) in [7, 11) is 0. The van der Waals surface area contributed by atoms with Gasteiger partial charge in [0.2, 0.25) is 0 Å². The summed E-state index contributed by atoms with van der Waals surface area (Å²) in [6.45, 7) is 2.19. The minimum absolute atomic E-state index is 0.0439. The van der Waals surface area contributed by atoms with E-state index in [1.54, 1.807) is 0 Å². The number of aliphatic hydroxyl groups excluding tert-OH is 1. The van der Waals surface area contributed by atoms with E-state index in [4.69, 9.17) is 5.11 Å². The molecule has 0 heterocycles. The fourth-order valence-corrected chi connectivity index (χ4v) is 4.71. The van der Waals surface area contributed by atoms with Crippen molar-refractivity contribution in [1.29, 1.82) is 0 Å². The lowest BCUT2D eigenvalue weighted by Crippen LogP contribution is -2.41. The molecule has 2 N–H and O–H groups in total. The fourth-order valence-electron chi connectivity index (χ4n) is 4.71. The van der Waals surface area contributed by atoms with Crippen molar-refractivity contribution in [2.45, 2.75) is 90.1 Å². The van der Waals surface area contributed by atoms with Crippen LogP contribution in [-0.4, -0.2) is 28.1 Å². The zero-order valence-electron chi connectivity index (χ0n) is 16.7. The number of hydrogen-bond acceptors (Lipinski definition) is 3. The molecule has 0 bridgehead atoms. The number of carboxylic acid groups (broad SMARTS) is 1. The molecule has 2 aliphatic carbocycles. The first kappa shape index (κ1) is 21.9. The third-order valence-electron chi connectivity index (χ3n) is 6.52. The number of aliphatic carboxylic acids is 1. The first-order valence-electron chi connectivity index (χ1n) is 10.7. The number of carboxylic acids is 1. The van der Waals surface area contributed by atoms with Crippen LogP contribution in [0.3, 0.4) is 0 Å². The van der Waals surface area contributed by atoms with Gasteiger partial charge in [0.15, 0.2) is 0 Å². The summed E-state index contributed by atoms with van der Waals surface area (Å²) >= 11 is 0. The van der Waals surface area contributed by atoms with Crippen molar-refractivity contribution >= 4 is 11.8 Å². The van der Waals surface area contributed by atoms with Gasteiger partial charge in [0.25, 0.3) is 0 Å². The second-order valence-electron chi connectivity index (χ2n) is 8.41. The van der Waals surface area contributed by atoms with Gasteiger partial charge in [0.1, 0.15) is 5.78 Å². The fraction of sp³-hybridized carbons (Fsp3) is 0.739. The Labute approximate surface area is 163 Å². The molecular formula is C23H36O4. The van der Waals surface area contributed by atoms with Gasteiger partial charge in [-0.25, -0.2) is 0 Å². The van der Waals surface area contributed by atoms with Crippen LogP contribution in [0.15, 0.2) is 24.3 Å². The molecule has 0 saturated heterocycles. The Morgan fingerprint density at radius 1 is 1.30 bits per heavy atom. The first-order valence-corrected chi connectivity index (χ1v) is 10.7. The number of aliphatic hydroxyl groups is 1. The van der Waals surface area contributed by atoms with Crippen molar-refractivity contribution in [3.63, 3.8) is 0 Å². The molecule has 0 aromatic rings. The first-order chi connectivity index (χ1) is 13.0. The van der Waals surface area contributed by atoms with E-state index in [1.807, 2.05) is 12.2 Å². The van der Waals surface area contributed by atoms with Gasteiger partial charge in [0, 0.05) is 18.8 Å². The lowest BCUT2D eigenvalue weighted by molar-refractivity contribution is -0.137. The predicted molar refractivity (Wildman–Crippen MR) is 107 cm³/mol. The number of carbonyl (C=O) groups excluding carboxylic acids is 1. The minimum atomic E-state index is -0.760. The zero-order chi connectivity index (χ0) is 19.7. The van der Waals surface area contributed by atoms with Crippen LogP contribution in [0.2, 0.25) is 0 Å². The Morgan fingerprint density at radius 3 is 2.70 bits per heavy atom. The highest BCUT2D eigenvalue weighted by Gasteiger charge is 2.41. The summed E-state index contributed by atoms with van der Waals surface area (Å²) in [4.78, 5) is 22.7. The quantitative estimate of drug-likeness (QED) is 0.369. The van der Waals surface area contributed by atoms with Crippen LogP contribution in [-0.2, 0) is 9.59 Å². The molecule has 0 aromatic carbocycles. The minimum Gasteiger partial charge on any atom is -0.481 e. The Bertz CT molecular complexity index is 545. The second-order valence-corrected chi connectivity index (χ2v) is 8.41. The van der Waals surface area contributed by atoms with Crippen molar-refractivity contribution in [2.75, 3.05) is 0 Å². The summed E-state index contributed by atoms with van der Waals surface area (Å²) in [6.07, 6.45) is 18.4. The van der Waals surface area contributed by atoms with Crippen molar-refractivity contribution in [3.8, 4) is 0 Å². The molecule has 0 aromatic heterocycles. The SMILES string of the molecule is CCCC1(C(O)C/C=C/[C@H]2CCC(=O)[C@@H]2C/C=C\CCCC(=O)O)CCC1. The largest absolute Gasteiger partial charge is 0.481 e. The van der Waals surface area contributed by atoms with Crippen LogP contribution >= 0.6 is 0 Å². The Morgan fingerprint density at radius 2 is 2.07 bits per heavy atom. The van der Waals surface area contributed by atoms with Gasteiger partial charge in [-0.1, -0.05) is 44.1 Å². The summed E-state index contributed by atoms with van der Waals surface area (Å²) in [5.74, 6) is -0.106. The van der Waals surface area contributed by atoms with E-state index in [0.29, 0.717) is 25.0 Å². The van der Waals surface area contributed by atoms with Crippen molar-refractivity contribution < 1.29 is 19.8 Å². The van der Waals surface area contributed by atoms with Crippen molar-refractivity contribution in [2.24, 2.45) is 17.3 Å². The van der Waals surface area contributed by atoms with Gasteiger partial charge < -0.3 is 10.2 Å². The van der Waals surface area contributed by atoms with Gasteiger partial charge in [-0.15, -0.1) is 0 Å². The molecule has 4 heteroatoms. The molecule has 2 rings (SSSR count). The highest BCUT2D eigenvalue weighted by Crippen LogP contribution is 2.48. The number of allylic oxidation sites excluding steroid dienone is 3. The summed E-state index contributed by atoms with van der Waals surface area (Å²) in [5.41, 5.74) is 0.142. The number of Topliss-reactive ketones (excluding diaryl/α,β-unsaturated/α-hetero) is 1. The van der Waals surface area contributed by atoms with E-state index < -0.39 is 5.97 Å². The highest BCUT2D eigenvalue weighted by atomic mass is 16.4. The van der Waals surface area contributed by atoms with Gasteiger partial charge in [-0.3, -0.25) is 9.59 Å². The maximum absolute atomic E-state index is 12.2. The monoisotopic (exact) mass is 376 g/mol. The number of carbonyl (C=O) groups is 2. The van der Waals surface area contributed by atoms with Crippen LogP contribution < -0.4 is 0 Å². The van der Waals surface area contributed by atoms with E-state index in [9.17, 15) is 14.7 Å². The molecule has 2 saturated carbocycles. The molecule has 2 fully saturated rings. The topological polar surface area (TPSA) is 74.6 Å². The van der Waals surface area contributed by atoms with E-state index in [2.05, 4.69) is 19.1 Å². The normalized spacial score (nSPS) is 25.9.